The molecule has 0 heterocycles. The molecule has 0 aliphatic rings. The Labute approximate surface area is 109 Å². The largest absolute Gasteiger partial charge is 0.305 e. The van der Waals surface area contributed by atoms with Crippen molar-refractivity contribution in [2.75, 3.05) is 6.61 Å². The molecule has 0 aromatic carbocycles. The first-order valence-electron chi connectivity index (χ1n) is 7.65. The summed E-state index contributed by atoms with van der Waals surface area (Å²) in [4.78, 5) is 4.51. The minimum Gasteiger partial charge on any atom is -0.305 e. The minimum absolute atomic E-state index is 0.719. The van der Waals surface area contributed by atoms with Crippen molar-refractivity contribution in [2.24, 2.45) is 5.90 Å². The SMILES string of the molecule is CCC.CCCCCCCCCCCCON. The molecule has 0 aromatic heterocycles. The van der Waals surface area contributed by atoms with Crippen LogP contribution in [0.4, 0.5) is 0 Å². The summed E-state index contributed by atoms with van der Waals surface area (Å²) in [5.74, 6) is 4.94. The van der Waals surface area contributed by atoms with E-state index in [0.29, 0.717) is 0 Å². The van der Waals surface area contributed by atoms with E-state index in [1.54, 1.807) is 0 Å². The van der Waals surface area contributed by atoms with Crippen molar-refractivity contribution in [3.8, 4) is 0 Å². The molecule has 0 aliphatic carbocycles. The third kappa shape index (κ3) is 25.9. The van der Waals surface area contributed by atoms with E-state index in [1.807, 2.05) is 0 Å². The van der Waals surface area contributed by atoms with Crippen LogP contribution in [0, 0.1) is 0 Å². The molecule has 0 amide bonds. The summed E-state index contributed by atoms with van der Waals surface area (Å²) in [6.07, 6.45) is 14.8. The van der Waals surface area contributed by atoms with Crippen LogP contribution in [-0.2, 0) is 4.84 Å². The van der Waals surface area contributed by atoms with Crippen LogP contribution in [0.3, 0.4) is 0 Å². The number of hydrogen-bond acceptors (Lipinski definition) is 2. The predicted octanol–water partition coefficient (Wildman–Crippen LogP) is 5.21. The highest BCUT2D eigenvalue weighted by atomic mass is 16.6. The van der Waals surface area contributed by atoms with Crippen molar-refractivity contribution in [2.45, 2.75) is 91.4 Å². The van der Waals surface area contributed by atoms with Gasteiger partial charge in [0.25, 0.3) is 0 Å². The van der Waals surface area contributed by atoms with Crippen LogP contribution in [0.15, 0.2) is 0 Å². The molecule has 0 bridgehead atoms. The summed E-state index contributed by atoms with van der Waals surface area (Å²) in [6, 6.07) is 0. The fraction of sp³-hybridized carbons (Fsp3) is 1.00. The van der Waals surface area contributed by atoms with Crippen molar-refractivity contribution in [1.82, 2.24) is 0 Å². The summed E-state index contributed by atoms with van der Waals surface area (Å²) < 4.78 is 0. The zero-order valence-corrected chi connectivity index (χ0v) is 12.5. The molecular formula is C15H35NO. The van der Waals surface area contributed by atoms with E-state index in [4.69, 9.17) is 5.90 Å². The third-order valence-electron chi connectivity index (χ3n) is 2.62. The Morgan fingerprint density at radius 3 is 1.35 bits per heavy atom. The Bertz CT molecular complexity index is 95.1. The van der Waals surface area contributed by atoms with Crippen LogP contribution < -0.4 is 5.90 Å². The maximum absolute atomic E-state index is 4.94. The lowest BCUT2D eigenvalue weighted by Crippen LogP contribution is -2.00. The predicted molar refractivity (Wildman–Crippen MR) is 77.9 cm³/mol. The minimum atomic E-state index is 0.719. The zero-order chi connectivity index (χ0) is 13.2. The average Bonchev–Trinajstić information content (AvgIpc) is 2.33. The van der Waals surface area contributed by atoms with Gasteiger partial charge in [-0.25, -0.2) is 5.90 Å². The van der Waals surface area contributed by atoms with Gasteiger partial charge in [0.15, 0.2) is 0 Å². The second-order valence-electron chi connectivity index (χ2n) is 4.76. The summed E-state index contributed by atoms with van der Waals surface area (Å²) >= 11 is 0. The highest BCUT2D eigenvalue weighted by Gasteiger charge is 1.91. The Balaban J connectivity index is 0. The Kier molecular flexibility index (Phi) is 24.1. The van der Waals surface area contributed by atoms with E-state index in [0.717, 1.165) is 13.0 Å². The summed E-state index contributed by atoms with van der Waals surface area (Å²) in [7, 11) is 0. The molecule has 0 spiro atoms. The molecule has 0 saturated carbocycles. The standard InChI is InChI=1S/C12H27NO.C3H8/c1-2-3-4-5-6-7-8-9-10-11-12-14-13;1-3-2/h2-13H2,1H3;3H2,1-2H3. The van der Waals surface area contributed by atoms with Gasteiger partial charge in [0.2, 0.25) is 0 Å². The molecule has 0 fully saturated rings. The molecule has 0 saturated heterocycles. The van der Waals surface area contributed by atoms with E-state index < -0.39 is 0 Å². The number of hydrogen-bond donors (Lipinski definition) is 1. The molecule has 2 heteroatoms. The van der Waals surface area contributed by atoms with E-state index in [1.165, 1.54) is 64.2 Å². The van der Waals surface area contributed by atoms with Crippen molar-refractivity contribution in [1.29, 1.82) is 0 Å². The van der Waals surface area contributed by atoms with Crippen LogP contribution in [-0.4, -0.2) is 6.61 Å². The molecule has 2 N–H and O–H groups in total. The second kappa shape index (κ2) is 21.2. The van der Waals surface area contributed by atoms with E-state index in [9.17, 15) is 0 Å². The van der Waals surface area contributed by atoms with Crippen LogP contribution in [0.5, 0.6) is 0 Å². The van der Waals surface area contributed by atoms with Crippen LogP contribution in [0.1, 0.15) is 91.4 Å². The van der Waals surface area contributed by atoms with Gasteiger partial charge in [-0.2, -0.15) is 0 Å². The molecule has 0 aromatic rings. The summed E-state index contributed by atoms with van der Waals surface area (Å²) in [6.45, 7) is 7.23. The van der Waals surface area contributed by atoms with Gasteiger partial charge in [0, 0.05) is 0 Å². The van der Waals surface area contributed by atoms with Gasteiger partial charge in [-0.05, 0) is 6.42 Å². The zero-order valence-electron chi connectivity index (χ0n) is 12.5. The number of nitrogens with two attached hydrogens (primary N) is 1. The van der Waals surface area contributed by atoms with Gasteiger partial charge in [0.1, 0.15) is 0 Å². The van der Waals surface area contributed by atoms with Crippen molar-refractivity contribution in [3.63, 3.8) is 0 Å². The molecule has 0 rings (SSSR count). The Morgan fingerprint density at radius 2 is 1.00 bits per heavy atom. The molecule has 17 heavy (non-hydrogen) atoms. The number of unbranched alkanes of at least 4 members (excludes halogenated alkanes) is 9. The Morgan fingerprint density at radius 1 is 0.647 bits per heavy atom. The summed E-state index contributed by atoms with van der Waals surface area (Å²) in [5, 5.41) is 0. The fourth-order valence-electron chi connectivity index (χ4n) is 1.67. The maximum Gasteiger partial charge on any atom is 0.0679 e. The highest BCUT2D eigenvalue weighted by Crippen LogP contribution is 2.10. The molecule has 0 radical (unpaired) electrons. The third-order valence-corrected chi connectivity index (χ3v) is 2.62. The average molecular weight is 245 g/mol. The first kappa shape index (κ1) is 19.3. The highest BCUT2D eigenvalue weighted by molar-refractivity contribution is 4.46. The molecule has 0 unspecified atom stereocenters. The normalized spacial score (nSPS) is 9.88. The first-order chi connectivity index (χ1) is 8.33. The van der Waals surface area contributed by atoms with Crippen LogP contribution in [0.2, 0.25) is 0 Å². The second-order valence-corrected chi connectivity index (χ2v) is 4.76. The van der Waals surface area contributed by atoms with Crippen LogP contribution in [0.25, 0.3) is 0 Å². The van der Waals surface area contributed by atoms with Gasteiger partial charge in [-0.15, -0.1) is 0 Å². The Hall–Kier alpha value is -0.0800. The van der Waals surface area contributed by atoms with E-state index >= 15 is 0 Å². The summed E-state index contributed by atoms with van der Waals surface area (Å²) in [5.41, 5.74) is 0. The lowest BCUT2D eigenvalue weighted by Gasteiger charge is -2.01. The monoisotopic (exact) mass is 245 g/mol. The molecule has 2 nitrogen and oxygen atoms in total. The van der Waals surface area contributed by atoms with Gasteiger partial charge < -0.3 is 4.84 Å². The van der Waals surface area contributed by atoms with Gasteiger partial charge in [-0.1, -0.05) is 85.0 Å². The van der Waals surface area contributed by atoms with Gasteiger partial charge >= 0.3 is 0 Å². The van der Waals surface area contributed by atoms with Crippen molar-refractivity contribution >= 4 is 0 Å². The topological polar surface area (TPSA) is 35.2 Å². The van der Waals surface area contributed by atoms with Gasteiger partial charge in [0.05, 0.1) is 6.61 Å². The smallest absolute Gasteiger partial charge is 0.0679 e. The van der Waals surface area contributed by atoms with Crippen molar-refractivity contribution < 1.29 is 4.84 Å². The molecular weight excluding hydrogens is 210 g/mol. The lowest BCUT2D eigenvalue weighted by atomic mass is 10.1. The first-order valence-corrected chi connectivity index (χ1v) is 7.65. The maximum atomic E-state index is 4.94. The molecule has 106 valence electrons. The lowest BCUT2D eigenvalue weighted by molar-refractivity contribution is 0.133. The van der Waals surface area contributed by atoms with Crippen LogP contribution >= 0.6 is 0 Å². The van der Waals surface area contributed by atoms with E-state index in [2.05, 4.69) is 25.6 Å². The molecule has 0 atom stereocenters. The van der Waals surface area contributed by atoms with Crippen molar-refractivity contribution in [3.05, 3.63) is 0 Å². The number of rotatable bonds is 11. The molecule has 0 aliphatic heterocycles. The van der Waals surface area contributed by atoms with E-state index in [-0.39, 0.29) is 0 Å². The van der Waals surface area contributed by atoms with Gasteiger partial charge in [-0.3, -0.25) is 0 Å². The fourth-order valence-corrected chi connectivity index (χ4v) is 1.67. The quantitative estimate of drug-likeness (QED) is 0.400.